The number of benzene rings is 1. The van der Waals surface area contributed by atoms with Gasteiger partial charge in [-0.2, -0.15) is 0 Å². The molecular formula is C10H14ClNO. The SMILES string of the molecule is CC(=O)c1ccc([C@@H](C)N)cc1.Cl. The van der Waals surface area contributed by atoms with Crippen LogP contribution in [0.2, 0.25) is 0 Å². The molecule has 0 spiro atoms. The summed E-state index contributed by atoms with van der Waals surface area (Å²) in [5, 5.41) is 0. The second kappa shape index (κ2) is 5.00. The molecule has 0 bridgehead atoms. The molecular weight excluding hydrogens is 186 g/mol. The van der Waals surface area contributed by atoms with Crippen molar-refractivity contribution in [3.8, 4) is 0 Å². The maximum atomic E-state index is 10.9. The van der Waals surface area contributed by atoms with E-state index in [0.29, 0.717) is 0 Å². The summed E-state index contributed by atoms with van der Waals surface area (Å²) in [7, 11) is 0. The molecule has 1 aromatic carbocycles. The molecule has 3 heteroatoms. The molecule has 0 saturated heterocycles. The number of Topliss-reactive ketones (excluding diaryl/α,β-unsaturated/α-hetero) is 1. The largest absolute Gasteiger partial charge is 0.324 e. The number of carbonyl (C=O) groups is 1. The van der Waals surface area contributed by atoms with Gasteiger partial charge < -0.3 is 5.73 Å². The number of rotatable bonds is 2. The predicted octanol–water partition coefficient (Wildman–Crippen LogP) is 2.33. The molecule has 2 nitrogen and oxygen atoms in total. The van der Waals surface area contributed by atoms with Crippen LogP contribution in [0.3, 0.4) is 0 Å². The molecule has 0 aliphatic heterocycles. The van der Waals surface area contributed by atoms with Crippen molar-refractivity contribution >= 4 is 18.2 Å². The minimum Gasteiger partial charge on any atom is -0.324 e. The first kappa shape index (κ1) is 12.1. The number of nitrogens with two attached hydrogens (primary N) is 1. The molecule has 0 aromatic heterocycles. The van der Waals surface area contributed by atoms with Gasteiger partial charge in [0.2, 0.25) is 0 Å². The lowest BCUT2D eigenvalue weighted by Crippen LogP contribution is -2.05. The first-order valence-electron chi connectivity index (χ1n) is 3.97. The fraction of sp³-hybridized carbons (Fsp3) is 0.300. The second-order valence-electron chi connectivity index (χ2n) is 2.97. The quantitative estimate of drug-likeness (QED) is 0.743. The average molecular weight is 200 g/mol. The minimum absolute atomic E-state index is 0. The van der Waals surface area contributed by atoms with Crippen LogP contribution in [-0.4, -0.2) is 5.78 Å². The fourth-order valence-corrected chi connectivity index (χ4v) is 1.02. The highest BCUT2D eigenvalue weighted by Crippen LogP contribution is 2.10. The molecule has 0 amide bonds. The zero-order valence-corrected chi connectivity index (χ0v) is 8.60. The summed E-state index contributed by atoms with van der Waals surface area (Å²) in [5.74, 6) is 0.0891. The van der Waals surface area contributed by atoms with E-state index in [0.717, 1.165) is 11.1 Å². The molecule has 72 valence electrons. The van der Waals surface area contributed by atoms with Gasteiger partial charge in [-0.1, -0.05) is 24.3 Å². The van der Waals surface area contributed by atoms with Crippen LogP contribution < -0.4 is 5.73 Å². The van der Waals surface area contributed by atoms with Crippen LogP contribution in [0.1, 0.15) is 35.8 Å². The monoisotopic (exact) mass is 199 g/mol. The third-order valence-corrected chi connectivity index (χ3v) is 1.84. The summed E-state index contributed by atoms with van der Waals surface area (Å²) in [6, 6.07) is 7.43. The molecule has 2 N–H and O–H groups in total. The van der Waals surface area contributed by atoms with Gasteiger partial charge >= 0.3 is 0 Å². The number of ketones is 1. The summed E-state index contributed by atoms with van der Waals surface area (Å²) >= 11 is 0. The number of halogens is 1. The van der Waals surface area contributed by atoms with Crippen molar-refractivity contribution in [3.63, 3.8) is 0 Å². The van der Waals surface area contributed by atoms with Gasteiger partial charge in [-0.15, -0.1) is 12.4 Å². The van der Waals surface area contributed by atoms with E-state index in [1.807, 2.05) is 19.1 Å². The van der Waals surface area contributed by atoms with Crippen molar-refractivity contribution in [1.82, 2.24) is 0 Å². The van der Waals surface area contributed by atoms with Crippen LogP contribution in [0.5, 0.6) is 0 Å². The highest BCUT2D eigenvalue weighted by atomic mass is 35.5. The van der Waals surface area contributed by atoms with E-state index in [1.54, 1.807) is 19.1 Å². The number of hydrogen-bond acceptors (Lipinski definition) is 2. The van der Waals surface area contributed by atoms with Gasteiger partial charge in [0.15, 0.2) is 5.78 Å². The van der Waals surface area contributed by atoms with E-state index in [1.165, 1.54) is 0 Å². The van der Waals surface area contributed by atoms with E-state index in [2.05, 4.69) is 0 Å². The highest BCUT2D eigenvalue weighted by molar-refractivity contribution is 5.94. The van der Waals surface area contributed by atoms with Crippen molar-refractivity contribution < 1.29 is 4.79 Å². The molecule has 0 heterocycles. The third-order valence-electron chi connectivity index (χ3n) is 1.84. The van der Waals surface area contributed by atoms with Gasteiger partial charge in [0.05, 0.1) is 0 Å². The summed E-state index contributed by atoms with van der Waals surface area (Å²) in [4.78, 5) is 10.9. The molecule has 0 unspecified atom stereocenters. The first-order valence-corrected chi connectivity index (χ1v) is 3.97. The zero-order chi connectivity index (χ0) is 9.14. The van der Waals surface area contributed by atoms with E-state index in [9.17, 15) is 4.79 Å². The number of carbonyl (C=O) groups excluding carboxylic acids is 1. The van der Waals surface area contributed by atoms with Crippen LogP contribution in [0, 0.1) is 0 Å². The first-order chi connectivity index (χ1) is 5.61. The third kappa shape index (κ3) is 3.17. The van der Waals surface area contributed by atoms with E-state index >= 15 is 0 Å². The maximum absolute atomic E-state index is 10.9. The van der Waals surface area contributed by atoms with E-state index in [4.69, 9.17) is 5.73 Å². The Balaban J connectivity index is 0.00000144. The Morgan fingerprint density at radius 3 is 2.08 bits per heavy atom. The topological polar surface area (TPSA) is 43.1 Å². The zero-order valence-electron chi connectivity index (χ0n) is 7.78. The van der Waals surface area contributed by atoms with Gasteiger partial charge in [0.25, 0.3) is 0 Å². The van der Waals surface area contributed by atoms with Crippen molar-refractivity contribution in [3.05, 3.63) is 35.4 Å². The van der Waals surface area contributed by atoms with Crippen molar-refractivity contribution in [2.75, 3.05) is 0 Å². The summed E-state index contributed by atoms with van der Waals surface area (Å²) in [6.45, 7) is 3.48. The second-order valence-corrected chi connectivity index (χ2v) is 2.97. The Hall–Kier alpha value is -0.860. The Bertz CT molecular complexity index is 279. The Morgan fingerprint density at radius 2 is 1.77 bits per heavy atom. The smallest absolute Gasteiger partial charge is 0.159 e. The molecule has 0 radical (unpaired) electrons. The summed E-state index contributed by atoms with van der Waals surface area (Å²) < 4.78 is 0. The maximum Gasteiger partial charge on any atom is 0.159 e. The van der Waals surface area contributed by atoms with Gasteiger partial charge in [0.1, 0.15) is 0 Å². The lowest BCUT2D eigenvalue weighted by Gasteiger charge is -2.04. The molecule has 1 aromatic rings. The molecule has 0 saturated carbocycles. The van der Waals surface area contributed by atoms with Crippen LogP contribution in [-0.2, 0) is 0 Å². The Morgan fingerprint density at radius 1 is 1.31 bits per heavy atom. The van der Waals surface area contributed by atoms with Gasteiger partial charge in [-0.25, -0.2) is 0 Å². The lowest BCUT2D eigenvalue weighted by atomic mass is 10.1. The van der Waals surface area contributed by atoms with Crippen LogP contribution >= 0.6 is 12.4 Å². The van der Waals surface area contributed by atoms with E-state index in [-0.39, 0.29) is 24.2 Å². The van der Waals surface area contributed by atoms with Crippen LogP contribution in [0.4, 0.5) is 0 Å². The average Bonchev–Trinajstić information content (AvgIpc) is 2.04. The van der Waals surface area contributed by atoms with Gasteiger partial charge in [-0.3, -0.25) is 4.79 Å². The molecule has 1 rings (SSSR count). The van der Waals surface area contributed by atoms with Gasteiger partial charge in [-0.05, 0) is 19.4 Å². The normalized spacial score (nSPS) is 11.6. The molecule has 13 heavy (non-hydrogen) atoms. The Labute approximate surface area is 84.5 Å². The fourth-order valence-electron chi connectivity index (χ4n) is 1.02. The van der Waals surface area contributed by atoms with Crippen LogP contribution in [0.15, 0.2) is 24.3 Å². The van der Waals surface area contributed by atoms with E-state index < -0.39 is 0 Å². The summed E-state index contributed by atoms with van der Waals surface area (Å²) in [6.07, 6.45) is 0. The predicted molar refractivity (Wildman–Crippen MR) is 56.3 cm³/mol. The minimum atomic E-state index is 0. The molecule has 1 atom stereocenters. The number of hydrogen-bond donors (Lipinski definition) is 1. The molecule has 0 aliphatic rings. The van der Waals surface area contributed by atoms with Crippen LogP contribution in [0.25, 0.3) is 0 Å². The highest BCUT2D eigenvalue weighted by Gasteiger charge is 2.00. The van der Waals surface area contributed by atoms with Crippen molar-refractivity contribution in [1.29, 1.82) is 0 Å². The Kier molecular flexibility index (Phi) is 4.67. The van der Waals surface area contributed by atoms with Crippen molar-refractivity contribution in [2.24, 2.45) is 5.73 Å². The standard InChI is InChI=1S/C10H13NO.ClH/c1-7(11)9-3-5-10(6-4-9)8(2)12;/h3-7H,11H2,1-2H3;1H/t7-;/m1./s1. The van der Waals surface area contributed by atoms with Gasteiger partial charge in [0, 0.05) is 11.6 Å². The summed E-state index contributed by atoms with van der Waals surface area (Å²) in [5.41, 5.74) is 7.45. The molecule has 0 aliphatic carbocycles. The molecule has 0 fully saturated rings. The lowest BCUT2D eigenvalue weighted by molar-refractivity contribution is 0.101. The van der Waals surface area contributed by atoms with Crippen molar-refractivity contribution in [2.45, 2.75) is 19.9 Å².